The Morgan fingerprint density at radius 1 is 1.37 bits per heavy atom. The Hall–Kier alpha value is -2.81. The molecule has 1 saturated heterocycles. The van der Waals surface area contributed by atoms with E-state index in [1.165, 1.54) is 19.1 Å². The minimum absolute atomic E-state index is 0.286. The molecule has 1 aliphatic rings. The Balaban J connectivity index is 1.81. The predicted octanol–water partition coefficient (Wildman–Crippen LogP) is 4.49. The maximum atomic E-state index is 12.5. The molecule has 0 aliphatic carbocycles. The van der Waals surface area contributed by atoms with Crippen LogP contribution in [0.25, 0.3) is 11.2 Å². The second-order valence-electron chi connectivity index (χ2n) is 7.43. The first-order valence-corrected chi connectivity index (χ1v) is 9.79. The summed E-state index contributed by atoms with van der Waals surface area (Å²) in [7, 11) is 2.13. The number of aromatic nitrogens is 3. The first-order chi connectivity index (χ1) is 14.2. The SMILES string of the molecule is C=C/C=C(\C=C(/C)OC(F)(F)F)c1cnn2ccc(NCC3CCN(C)CC3)nc12. The van der Waals surface area contributed by atoms with Crippen LogP contribution in [0, 0.1) is 5.92 Å². The number of halogens is 3. The molecule has 0 radical (unpaired) electrons. The van der Waals surface area contributed by atoms with Gasteiger partial charge in [0.15, 0.2) is 5.65 Å². The highest BCUT2D eigenvalue weighted by atomic mass is 19.4. The van der Waals surface area contributed by atoms with E-state index in [9.17, 15) is 13.2 Å². The molecule has 0 unspecified atom stereocenters. The summed E-state index contributed by atoms with van der Waals surface area (Å²) in [4.78, 5) is 6.96. The summed E-state index contributed by atoms with van der Waals surface area (Å²) < 4.78 is 43.1. The van der Waals surface area contributed by atoms with Crippen molar-refractivity contribution < 1.29 is 17.9 Å². The average Bonchev–Trinajstić information content (AvgIpc) is 3.09. The van der Waals surface area contributed by atoms with Crippen LogP contribution in [0.1, 0.15) is 25.3 Å². The van der Waals surface area contributed by atoms with Gasteiger partial charge in [-0.1, -0.05) is 18.7 Å². The fourth-order valence-corrected chi connectivity index (χ4v) is 3.46. The van der Waals surface area contributed by atoms with Gasteiger partial charge in [-0.05, 0) is 63.5 Å². The molecule has 0 bridgehead atoms. The normalized spacial score (nSPS) is 17.4. The molecule has 1 aliphatic heterocycles. The van der Waals surface area contributed by atoms with Gasteiger partial charge in [0.25, 0.3) is 0 Å². The molecule has 0 aromatic carbocycles. The van der Waals surface area contributed by atoms with Crippen LogP contribution < -0.4 is 5.32 Å². The maximum absolute atomic E-state index is 12.5. The van der Waals surface area contributed by atoms with Crippen molar-refractivity contribution in [3.63, 3.8) is 0 Å². The van der Waals surface area contributed by atoms with Crippen molar-refractivity contribution >= 4 is 17.0 Å². The number of ether oxygens (including phenoxy) is 1. The molecule has 9 heteroatoms. The van der Waals surface area contributed by atoms with Crippen LogP contribution in [-0.2, 0) is 4.74 Å². The van der Waals surface area contributed by atoms with Gasteiger partial charge in [0.1, 0.15) is 11.6 Å². The molecular weight excluding hydrogens is 395 g/mol. The molecule has 1 fully saturated rings. The Kier molecular flexibility index (Phi) is 6.81. The van der Waals surface area contributed by atoms with Gasteiger partial charge in [0, 0.05) is 18.3 Å². The van der Waals surface area contributed by atoms with Crippen LogP contribution in [0.5, 0.6) is 0 Å². The number of hydrogen-bond donors (Lipinski definition) is 1. The number of nitrogens with zero attached hydrogens (tertiary/aromatic N) is 4. The smallest absolute Gasteiger partial charge is 0.411 e. The molecule has 6 nitrogen and oxygen atoms in total. The van der Waals surface area contributed by atoms with Crippen LogP contribution in [0.4, 0.5) is 19.0 Å². The fourth-order valence-electron chi connectivity index (χ4n) is 3.46. The van der Waals surface area contributed by atoms with Crippen LogP contribution in [0.3, 0.4) is 0 Å². The number of allylic oxidation sites excluding steroid dienone is 5. The standard InChI is InChI=1S/C21H26F3N5O/c1-4-5-17(12-15(2)30-21(22,23)24)18-14-26-29-11-8-19(27-20(18)29)25-13-16-6-9-28(3)10-7-16/h4-5,8,11-12,14,16H,1,6-7,9-10,13H2,2-3H3,(H,25,27)/b15-12+,17-5+. The maximum Gasteiger partial charge on any atom is 0.572 e. The molecule has 3 rings (SSSR count). The highest BCUT2D eigenvalue weighted by Crippen LogP contribution is 2.26. The summed E-state index contributed by atoms with van der Waals surface area (Å²) in [5.41, 5.74) is 1.59. The number of likely N-dealkylation sites (tertiary alicyclic amines) is 1. The third-order valence-electron chi connectivity index (χ3n) is 5.02. The highest BCUT2D eigenvalue weighted by Gasteiger charge is 2.31. The number of rotatable bonds is 7. The quantitative estimate of drug-likeness (QED) is 0.527. The second-order valence-corrected chi connectivity index (χ2v) is 7.43. The predicted molar refractivity (Wildman–Crippen MR) is 111 cm³/mol. The third-order valence-corrected chi connectivity index (χ3v) is 5.02. The lowest BCUT2D eigenvalue weighted by atomic mass is 9.97. The van der Waals surface area contributed by atoms with E-state index in [1.807, 2.05) is 6.07 Å². The zero-order chi connectivity index (χ0) is 21.7. The lowest BCUT2D eigenvalue weighted by molar-refractivity contribution is -0.305. The summed E-state index contributed by atoms with van der Waals surface area (Å²) in [6.45, 7) is 7.90. The van der Waals surface area contributed by atoms with Crippen molar-refractivity contribution in [1.29, 1.82) is 0 Å². The number of anilines is 1. The monoisotopic (exact) mass is 421 g/mol. The molecule has 0 spiro atoms. The Morgan fingerprint density at radius 3 is 2.77 bits per heavy atom. The fraction of sp³-hybridized carbons (Fsp3) is 0.429. The van der Waals surface area contributed by atoms with E-state index < -0.39 is 6.36 Å². The molecule has 0 saturated carbocycles. The zero-order valence-corrected chi connectivity index (χ0v) is 17.1. The average molecular weight is 421 g/mol. The number of nitrogens with one attached hydrogen (secondary N) is 1. The second kappa shape index (κ2) is 9.34. The Bertz CT molecular complexity index is 940. The largest absolute Gasteiger partial charge is 0.572 e. The van der Waals surface area contributed by atoms with Gasteiger partial charge in [0.05, 0.1) is 6.20 Å². The number of piperidine rings is 1. The van der Waals surface area contributed by atoms with Gasteiger partial charge >= 0.3 is 6.36 Å². The van der Waals surface area contributed by atoms with E-state index in [0.717, 1.165) is 32.5 Å². The summed E-state index contributed by atoms with van der Waals surface area (Å²) in [6, 6.07) is 1.84. The molecule has 30 heavy (non-hydrogen) atoms. The summed E-state index contributed by atoms with van der Waals surface area (Å²) in [5, 5.41) is 7.64. The summed E-state index contributed by atoms with van der Waals surface area (Å²) in [5.74, 6) is 1.00. The molecular formula is C21H26F3N5O. The first kappa shape index (κ1) is 21.9. The molecule has 2 aromatic heterocycles. The van der Waals surface area contributed by atoms with Crippen molar-refractivity contribution in [3.05, 3.63) is 54.6 Å². The van der Waals surface area contributed by atoms with Crippen LogP contribution in [0.15, 0.2) is 49.0 Å². The minimum atomic E-state index is -4.75. The van der Waals surface area contributed by atoms with Crippen molar-refractivity contribution in [1.82, 2.24) is 19.5 Å². The lowest BCUT2D eigenvalue weighted by Crippen LogP contribution is -2.33. The molecule has 1 N–H and O–H groups in total. The zero-order valence-electron chi connectivity index (χ0n) is 17.1. The van der Waals surface area contributed by atoms with Gasteiger partial charge < -0.3 is 15.0 Å². The van der Waals surface area contributed by atoms with E-state index in [2.05, 4.69) is 38.7 Å². The highest BCUT2D eigenvalue weighted by molar-refractivity contribution is 5.83. The van der Waals surface area contributed by atoms with Gasteiger partial charge in [-0.25, -0.2) is 9.50 Å². The van der Waals surface area contributed by atoms with E-state index in [0.29, 0.717) is 28.5 Å². The summed E-state index contributed by atoms with van der Waals surface area (Å²) in [6.07, 6.45) is 5.26. The molecule has 162 valence electrons. The van der Waals surface area contributed by atoms with Crippen molar-refractivity contribution in [2.24, 2.45) is 5.92 Å². The van der Waals surface area contributed by atoms with Crippen molar-refractivity contribution in [2.75, 3.05) is 32.0 Å². The summed E-state index contributed by atoms with van der Waals surface area (Å²) >= 11 is 0. The van der Waals surface area contributed by atoms with Crippen molar-refractivity contribution in [2.45, 2.75) is 26.1 Å². The molecule has 2 aromatic rings. The lowest BCUT2D eigenvalue weighted by Gasteiger charge is -2.29. The number of alkyl halides is 3. The number of fused-ring (bicyclic) bond motifs is 1. The molecule has 0 amide bonds. The minimum Gasteiger partial charge on any atom is -0.411 e. The number of hydrogen-bond acceptors (Lipinski definition) is 5. The topological polar surface area (TPSA) is 54.7 Å². The van der Waals surface area contributed by atoms with E-state index >= 15 is 0 Å². The van der Waals surface area contributed by atoms with Crippen LogP contribution in [0.2, 0.25) is 0 Å². The van der Waals surface area contributed by atoms with Gasteiger partial charge in [-0.2, -0.15) is 5.10 Å². The van der Waals surface area contributed by atoms with E-state index in [1.54, 1.807) is 23.0 Å². The van der Waals surface area contributed by atoms with Gasteiger partial charge in [0.2, 0.25) is 0 Å². The van der Waals surface area contributed by atoms with Gasteiger partial charge in [-0.15, -0.1) is 13.2 Å². The Labute approximate surface area is 173 Å². The Morgan fingerprint density at radius 2 is 2.10 bits per heavy atom. The molecule has 3 heterocycles. The van der Waals surface area contributed by atoms with Crippen LogP contribution >= 0.6 is 0 Å². The third kappa shape index (κ3) is 5.85. The molecule has 0 atom stereocenters. The first-order valence-electron chi connectivity index (χ1n) is 9.79. The van der Waals surface area contributed by atoms with E-state index in [4.69, 9.17) is 0 Å². The van der Waals surface area contributed by atoms with Gasteiger partial charge in [-0.3, -0.25) is 0 Å². The van der Waals surface area contributed by atoms with Crippen LogP contribution in [-0.4, -0.2) is 52.5 Å². The van der Waals surface area contributed by atoms with E-state index in [-0.39, 0.29) is 5.76 Å². The van der Waals surface area contributed by atoms with Crippen molar-refractivity contribution in [3.8, 4) is 0 Å².